The first-order chi connectivity index (χ1) is 14.3. The molecule has 1 aliphatic carbocycles. The van der Waals surface area contributed by atoms with Crippen LogP contribution in [0.3, 0.4) is 0 Å². The van der Waals surface area contributed by atoms with Gasteiger partial charge in [0.25, 0.3) is 0 Å². The molecule has 0 saturated carbocycles. The number of hydrogen-bond donors (Lipinski definition) is 1. The van der Waals surface area contributed by atoms with E-state index in [4.69, 9.17) is 9.47 Å². The molecular weight excluding hydrogens is 388 g/mol. The molecule has 2 aliphatic rings. The van der Waals surface area contributed by atoms with Crippen molar-refractivity contribution in [1.82, 2.24) is 24.2 Å². The highest BCUT2D eigenvalue weighted by molar-refractivity contribution is 7.09. The number of likely N-dealkylation sites (N-methyl/N-ethyl adjacent to an activating group) is 1. The molecule has 1 aliphatic heterocycles. The lowest BCUT2D eigenvalue weighted by molar-refractivity contribution is 0.218. The second kappa shape index (κ2) is 9.53. The molecule has 0 fully saturated rings. The average molecular weight is 413 g/mol. The zero-order valence-electron chi connectivity index (χ0n) is 16.3. The van der Waals surface area contributed by atoms with E-state index in [1.165, 1.54) is 17.1 Å². The van der Waals surface area contributed by atoms with Crippen LogP contribution in [0, 0.1) is 0 Å². The lowest BCUT2D eigenvalue weighted by atomic mass is 10.0. The summed E-state index contributed by atoms with van der Waals surface area (Å²) in [7, 11) is 2.02. The third-order valence-corrected chi connectivity index (χ3v) is 5.41. The van der Waals surface area contributed by atoms with Gasteiger partial charge in [0.15, 0.2) is 5.76 Å². The summed E-state index contributed by atoms with van der Waals surface area (Å²) in [6.45, 7) is 2.48. The Bertz CT molecular complexity index is 929. The van der Waals surface area contributed by atoms with Crippen LogP contribution >= 0.6 is 11.5 Å². The summed E-state index contributed by atoms with van der Waals surface area (Å²) in [5.74, 6) is 2.31. The number of rotatable bonds is 9. The Morgan fingerprint density at radius 3 is 3.10 bits per heavy atom. The van der Waals surface area contributed by atoms with Gasteiger partial charge in [0, 0.05) is 57.0 Å². The summed E-state index contributed by atoms with van der Waals surface area (Å²) in [6.07, 6.45) is 17.7. The maximum Gasteiger partial charge on any atom is 0.248 e. The average Bonchev–Trinajstić information content (AvgIpc) is 3.46. The summed E-state index contributed by atoms with van der Waals surface area (Å²) in [5, 5.41) is 4.32. The lowest BCUT2D eigenvalue weighted by Crippen LogP contribution is -2.29. The Hall–Kier alpha value is -2.91. The van der Waals surface area contributed by atoms with Crippen molar-refractivity contribution >= 4 is 16.7 Å². The number of anilines is 1. The molecule has 1 N–H and O–H groups in total. The molecule has 2 aromatic rings. The van der Waals surface area contributed by atoms with Gasteiger partial charge in [0.1, 0.15) is 24.6 Å². The zero-order valence-corrected chi connectivity index (χ0v) is 17.1. The van der Waals surface area contributed by atoms with E-state index in [-0.39, 0.29) is 0 Å². The first kappa shape index (κ1) is 19.4. The van der Waals surface area contributed by atoms with E-state index in [1.54, 1.807) is 29.6 Å². The molecule has 3 heterocycles. The van der Waals surface area contributed by atoms with Crippen LogP contribution in [0.5, 0.6) is 0 Å². The molecule has 0 spiro atoms. The molecule has 0 bridgehead atoms. The highest BCUT2D eigenvalue weighted by atomic mass is 32.1. The minimum absolute atomic E-state index is 0.649. The van der Waals surface area contributed by atoms with Gasteiger partial charge in [0.05, 0.1) is 0 Å². The van der Waals surface area contributed by atoms with Gasteiger partial charge in [-0.2, -0.15) is 9.36 Å². The van der Waals surface area contributed by atoms with Gasteiger partial charge in [0.2, 0.25) is 11.1 Å². The van der Waals surface area contributed by atoms with Crippen LogP contribution in [0.25, 0.3) is 5.95 Å². The number of allylic oxidation sites excluding steroid dienone is 4. The maximum atomic E-state index is 5.98. The fourth-order valence-electron chi connectivity index (χ4n) is 2.94. The van der Waals surface area contributed by atoms with Crippen molar-refractivity contribution in [3.8, 4) is 5.95 Å². The molecule has 0 atom stereocenters. The molecule has 0 aromatic carbocycles. The predicted molar refractivity (Wildman–Crippen MR) is 113 cm³/mol. The molecule has 9 heteroatoms. The highest BCUT2D eigenvalue weighted by Gasteiger charge is 2.15. The molecule has 0 saturated heterocycles. The minimum Gasteiger partial charge on any atom is -0.465 e. The predicted octanol–water partition coefficient (Wildman–Crippen LogP) is 3.15. The van der Waals surface area contributed by atoms with Gasteiger partial charge in [-0.1, -0.05) is 18.2 Å². The van der Waals surface area contributed by atoms with Crippen molar-refractivity contribution in [2.75, 3.05) is 31.6 Å². The van der Waals surface area contributed by atoms with Crippen molar-refractivity contribution in [2.45, 2.75) is 19.3 Å². The van der Waals surface area contributed by atoms with E-state index in [0.29, 0.717) is 5.95 Å². The third-order valence-electron chi connectivity index (χ3n) is 4.58. The van der Waals surface area contributed by atoms with Crippen LogP contribution in [-0.2, 0) is 9.47 Å². The monoisotopic (exact) mass is 412 g/mol. The SMILES string of the molecule is CN(CCNCCC1=COC=C(C2=CC=CCC2)O1)c1nc(-n2ccnc2)ns1. The van der Waals surface area contributed by atoms with Crippen LogP contribution in [0.2, 0.25) is 0 Å². The number of hydrogen-bond acceptors (Lipinski definition) is 8. The zero-order chi connectivity index (χ0) is 19.9. The molecule has 0 radical (unpaired) electrons. The molecule has 2 aromatic heterocycles. The van der Waals surface area contributed by atoms with Crippen LogP contribution in [0.4, 0.5) is 5.13 Å². The van der Waals surface area contributed by atoms with E-state index >= 15 is 0 Å². The fraction of sp³-hybridized carbons (Fsp3) is 0.350. The summed E-state index contributed by atoms with van der Waals surface area (Å²) >= 11 is 1.38. The first-order valence-corrected chi connectivity index (χ1v) is 10.4. The molecule has 0 unspecified atom stereocenters. The fourth-order valence-corrected chi connectivity index (χ4v) is 3.60. The van der Waals surface area contributed by atoms with Gasteiger partial charge in [-0.3, -0.25) is 4.57 Å². The topological polar surface area (TPSA) is 77.3 Å². The van der Waals surface area contributed by atoms with Crippen molar-refractivity contribution in [3.63, 3.8) is 0 Å². The Balaban J connectivity index is 1.16. The number of nitrogens with one attached hydrogen (secondary N) is 1. The maximum absolute atomic E-state index is 5.98. The number of nitrogens with zero attached hydrogens (tertiary/aromatic N) is 5. The van der Waals surface area contributed by atoms with Crippen LogP contribution in [-0.4, -0.2) is 45.6 Å². The van der Waals surface area contributed by atoms with Crippen LogP contribution in [0.1, 0.15) is 19.3 Å². The quantitative estimate of drug-likeness (QED) is 0.634. The standard InChI is InChI=1S/C20H24N6O2S/c1-25(20-23-19(24-29-20)26-12-10-22-15-26)11-9-21-8-7-17-13-27-14-18(28-17)16-5-3-2-4-6-16/h2-3,5,10,12-15,21H,4,6-9,11H2,1H3. The number of aromatic nitrogens is 4. The van der Waals surface area contributed by atoms with E-state index in [0.717, 1.165) is 55.5 Å². The Morgan fingerprint density at radius 1 is 1.31 bits per heavy atom. The minimum atomic E-state index is 0.649. The second-order valence-electron chi connectivity index (χ2n) is 6.73. The summed E-state index contributed by atoms with van der Waals surface area (Å²) in [6, 6.07) is 0. The Kier molecular flexibility index (Phi) is 6.38. The molecular formula is C20H24N6O2S. The van der Waals surface area contributed by atoms with Crippen LogP contribution in [0.15, 0.2) is 66.6 Å². The molecule has 4 rings (SSSR count). The van der Waals surface area contributed by atoms with E-state index in [2.05, 4.69) is 42.8 Å². The van der Waals surface area contributed by atoms with Crippen molar-refractivity contribution in [1.29, 1.82) is 0 Å². The normalized spacial score (nSPS) is 15.8. The van der Waals surface area contributed by atoms with Gasteiger partial charge >= 0.3 is 0 Å². The third kappa shape index (κ3) is 5.12. The van der Waals surface area contributed by atoms with E-state index in [1.807, 2.05) is 13.2 Å². The summed E-state index contributed by atoms with van der Waals surface area (Å²) in [4.78, 5) is 10.7. The molecule has 0 amide bonds. The van der Waals surface area contributed by atoms with Gasteiger partial charge in [-0.25, -0.2) is 4.98 Å². The molecule has 8 nitrogen and oxygen atoms in total. The van der Waals surface area contributed by atoms with E-state index in [9.17, 15) is 0 Å². The number of ether oxygens (including phenoxy) is 2. The van der Waals surface area contributed by atoms with Crippen molar-refractivity contribution in [3.05, 3.63) is 66.6 Å². The van der Waals surface area contributed by atoms with E-state index < -0.39 is 0 Å². The Labute approximate surface area is 174 Å². The summed E-state index contributed by atoms with van der Waals surface area (Å²) < 4.78 is 17.6. The smallest absolute Gasteiger partial charge is 0.248 e. The van der Waals surface area contributed by atoms with Crippen molar-refractivity contribution in [2.24, 2.45) is 0 Å². The first-order valence-electron chi connectivity index (χ1n) is 9.62. The second-order valence-corrected chi connectivity index (χ2v) is 7.46. The van der Waals surface area contributed by atoms with Crippen molar-refractivity contribution < 1.29 is 9.47 Å². The number of imidazole rings is 1. The van der Waals surface area contributed by atoms with Gasteiger partial charge in [-0.15, -0.1) is 0 Å². The van der Waals surface area contributed by atoms with Gasteiger partial charge < -0.3 is 19.7 Å². The Morgan fingerprint density at radius 2 is 2.28 bits per heavy atom. The van der Waals surface area contributed by atoms with Crippen LogP contribution < -0.4 is 10.2 Å². The highest BCUT2D eigenvalue weighted by Crippen LogP contribution is 2.26. The largest absolute Gasteiger partial charge is 0.465 e. The lowest BCUT2D eigenvalue weighted by Gasteiger charge is -2.20. The molecule has 29 heavy (non-hydrogen) atoms. The molecule has 152 valence electrons. The van der Waals surface area contributed by atoms with Gasteiger partial charge in [-0.05, 0) is 18.4 Å². The summed E-state index contributed by atoms with van der Waals surface area (Å²) in [5.41, 5.74) is 1.18.